The molecular weight excluding hydrogens is 289 g/mol. The largest absolute Gasteiger partial charge is 0.701 e. The Labute approximate surface area is 128 Å². The van der Waals surface area contributed by atoms with Crippen molar-refractivity contribution in [3.63, 3.8) is 0 Å². The smallest absolute Gasteiger partial charge is 0.201 e. The second-order valence-electron chi connectivity index (χ2n) is 2.81. The first kappa shape index (κ1) is 18.4. The number of nitriles is 1. The molecule has 0 aliphatic heterocycles. The van der Waals surface area contributed by atoms with E-state index in [1.807, 2.05) is 13.8 Å². The quantitative estimate of drug-likeness (QED) is 0.474. The van der Waals surface area contributed by atoms with Crippen molar-refractivity contribution in [3.05, 3.63) is 52.9 Å². The Morgan fingerprint density at radius 1 is 1.24 bits per heavy atom. The Kier molecular flexibility index (Phi) is 11.0. The number of hydrogen-bond donors (Lipinski definition) is 0. The van der Waals surface area contributed by atoms with Gasteiger partial charge in [-0.3, -0.25) is 4.79 Å². The van der Waals surface area contributed by atoms with Gasteiger partial charge in [0.05, 0.1) is 5.57 Å². The molecule has 17 heavy (non-hydrogen) atoms. The van der Waals surface area contributed by atoms with E-state index in [1.54, 1.807) is 36.4 Å². The topological polar surface area (TPSA) is 64.7 Å². The van der Waals surface area contributed by atoms with Crippen LogP contribution >= 0.6 is 0 Å². The summed E-state index contributed by atoms with van der Waals surface area (Å²) in [5.74, 6) is -0.388. The van der Waals surface area contributed by atoms with Gasteiger partial charge in [-0.2, -0.15) is 5.26 Å². The molecule has 0 bridgehead atoms. The third-order valence-electron chi connectivity index (χ3n) is 1.75. The first-order valence-corrected chi connectivity index (χ1v) is 5.09. The standard InChI is InChI=1S/C11H10N2O.C2H6.Y/c1-8(13)10(7-12)11(14)9-5-3-2-4-6-9;1-2;/h2-6H,1H3,(H2,13,14);1-2H3;/p-1. The summed E-state index contributed by atoms with van der Waals surface area (Å²) < 4.78 is 0. The van der Waals surface area contributed by atoms with Crippen LogP contribution in [0.25, 0.3) is 5.73 Å². The molecule has 1 radical (unpaired) electrons. The summed E-state index contributed by atoms with van der Waals surface area (Å²) >= 11 is 0. The van der Waals surface area contributed by atoms with Gasteiger partial charge < -0.3 is 5.73 Å². The minimum absolute atomic E-state index is 0. The maximum absolute atomic E-state index is 11.6. The number of nitrogens with zero attached hydrogens (tertiary/aromatic N) is 1. The fourth-order valence-electron chi connectivity index (χ4n) is 1.04. The molecular formula is C13H15N2OY-. The SMILES string of the molecule is C/C([NH-])=C(\C#N)C(=O)c1ccccc1.CC.[Y]. The molecule has 0 aromatic heterocycles. The molecule has 0 amide bonds. The molecule has 0 saturated heterocycles. The van der Waals surface area contributed by atoms with Crippen LogP contribution in [0.1, 0.15) is 31.1 Å². The first-order valence-electron chi connectivity index (χ1n) is 5.09. The number of benzene rings is 1. The van der Waals surface area contributed by atoms with E-state index in [-0.39, 0.29) is 49.8 Å². The zero-order valence-corrected chi connectivity index (χ0v) is 13.2. The molecule has 3 nitrogen and oxygen atoms in total. The Balaban J connectivity index is 0. The van der Waals surface area contributed by atoms with Crippen molar-refractivity contribution in [3.8, 4) is 6.07 Å². The summed E-state index contributed by atoms with van der Waals surface area (Å²) in [6.07, 6.45) is 0. The number of carbonyl (C=O) groups excluding carboxylic acids is 1. The van der Waals surface area contributed by atoms with Crippen molar-refractivity contribution in [2.45, 2.75) is 20.8 Å². The molecule has 4 heteroatoms. The van der Waals surface area contributed by atoms with Crippen LogP contribution in [0, 0.1) is 11.3 Å². The van der Waals surface area contributed by atoms with Crippen molar-refractivity contribution in [1.82, 2.24) is 0 Å². The van der Waals surface area contributed by atoms with Crippen LogP contribution in [0.2, 0.25) is 0 Å². The molecule has 1 aromatic carbocycles. The molecule has 0 unspecified atom stereocenters. The summed E-state index contributed by atoms with van der Waals surface area (Å²) in [5, 5.41) is 8.68. The van der Waals surface area contributed by atoms with Crippen LogP contribution in [0.4, 0.5) is 0 Å². The Morgan fingerprint density at radius 3 is 2.06 bits per heavy atom. The summed E-state index contributed by atoms with van der Waals surface area (Å²) in [6, 6.07) is 10.2. The van der Waals surface area contributed by atoms with Gasteiger partial charge in [-0.1, -0.05) is 51.1 Å². The number of hydrogen-bond acceptors (Lipinski definition) is 2. The average Bonchev–Trinajstić information content (AvgIpc) is 2.33. The van der Waals surface area contributed by atoms with Crippen molar-refractivity contribution in [1.29, 1.82) is 5.26 Å². The van der Waals surface area contributed by atoms with Crippen LogP contribution in [0.5, 0.6) is 0 Å². The van der Waals surface area contributed by atoms with Gasteiger partial charge in [0.1, 0.15) is 6.07 Å². The zero-order chi connectivity index (χ0) is 12.6. The summed E-state index contributed by atoms with van der Waals surface area (Å²) in [7, 11) is 0. The summed E-state index contributed by atoms with van der Waals surface area (Å²) in [4.78, 5) is 11.6. The predicted molar refractivity (Wildman–Crippen MR) is 64.8 cm³/mol. The number of ketones is 1. The Hall–Kier alpha value is -0.976. The van der Waals surface area contributed by atoms with Crippen LogP contribution < -0.4 is 0 Å². The van der Waals surface area contributed by atoms with E-state index in [1.165, 1.54) is 6.92 Å². The van der Waals surface area contributed by atoms with E-state index in [4.69, 9.17) is 11.0 Å². The molecule has 0 aliphatic rings. The van der Waals surface area contributed by atoms with Crippen LogP contribution in [0.15, 0.2) is 41.6 Å². The second-order valence-corrected chi connectivity index (χ2v) is 2.81. The van der Waals surface area contributed by atoms with Gasteiger partial charge in [0.2, 0.25) is 5.78 Å². The van der Waals surface area contributed by atoms with Crippen molar-refractivity contribution >= 4 is 5.78 Å². The minimum atomic E-state index is -0.388. The van der Waals surface area contributed by atoms with Gasteiger partial charge in [-0.15, -0.1) is 5.70 Å². The van der Waals surface area contributed by atoms with E-state index in [2.05, 4.69) is 0 Å². The average molecular weight is 304 g/mol. The van der Waals surface area contributed by atoms with Crippen LogP contribution in [-0.4, -0.2) is 5.78 Å². The van der Waals surface area contributed by atoms with Crippen LogP contribution in [-0.2, 0) is 32.7 Å². The molecule has 1 aromatic rings. The van der Waals surface area contributed by atoms with Gasteiger partial charge >= 0.3 is 0 Å². The molecule has 1 rings (SSSR count). The normalized spacial score (nSPS) is 9.76. The predicted octanol–water partition coefficient (Wildman–Crippen LogP) is 3.74. The zero-order valence-electron chi connectivity index (χ0n) is 10.3. The second kappa shape index (κ2) is 10.2. The molecule has 87 valence electrons. The summed E-state index contributed by atoms with van der Waals surface area (Å²) in [6.45, 7) is 5.43. The van der Waals surface area contributed by atoms with Crippen LogP contribution in [0.3, 0.4) is 0 Å². The Bertz CT molecular complexity index is 415. The van der Waals surface area contributed by atoms with E-state index >= 15 is 0 Å². The molecule has 1 N–H and O–H groups in total. The fraction of sp³-hybridized carbons (Fsp3) is 0.231. The molecule has 0 atom stereocenters. The Morgan fingerprint density at radius 2 is 1.71 bits per heavy atom. The third-order valence-corrected chi connectivity index (χ3v) is 1.75. The van der Waals surface area contributed by atoms with Crippen molar-refractivity contribution in [2.75, 3.05) is 0 Å². The van der Waals surface area contributed by atoms with Gasteiger partial charge in [0.15, 0.2) is 0 Å². The summed E-state index contributed by atoms with van der Waals surface area (Å²) in [5.41, 5.74) is 7.59. The monoisotopic (exact) mass is 304 g/mol. The maximum atomic E-state index is 11.6. The number of carbonyl (C=O) groups is 1. The molecule has 0 fully saturated rings. The van der Waals surface area contributed by atoms with E-state index in [9.17, 15) is 4.79 Å². The molecule has 0 saturated carbocycles. The number of Topliss-reactive ketones (excluding diaryl/α,β-unsaturated/α-hetero) is 1. The minimum Gasteiger partial charge on any atom is -0.701 e. The number of allylic oxidation sites excluding steroid dienone is 2. The van der Waals surface area contributed by atoms with Gasteiger partial charge in [-0.05, 0) is 0 Å². The number of nitrogens with one attached hydrogen (secondary N) is 1. The van der Waals surface area contributed by atoms with Crippen molar-refractivity contribution in [2.24, 2.45) is 0 Å². The molecule has 0 aliphatic carbocycles. The maximum Gasteiger partial charge on any atom is 0.201 e. The first-order chi connectivity index (χ1) is 7.66. The third kappa shape index (κ3) is 5.77. The number of rotatable bonds is 2. The van der Waals surface area contributed by atoms with E-state index < -0.39 is 0 Å². The van der Waals surface area contributed by atoms with E-state index in [0.29, 0.717) is 5.56 Å². The molecule has 0 heterocycles. The van der Waals surface area contributed by atoms with Gasteiger partial charge in [0.25, 0.3) is 0 Å². The van der Waals surface area contributed by atoms with Gasteiger partial charge in [0, 0.05) is 38.3 Å². The van der Waals surface area contributed by atoms with Gasteiger partial charge in [-0.25, -0.2) is 0 Å². The molecule has 0 spiro atoms. The van der Waals surface area contributed by atoms with E-state index in [0.717, 1.165) is 0 Å². The fourth-order valence-corrected chi connectivity index (χ4v) is 1.04. The van der Waals surface area contributed by atoms with Crippen molar-refractivity contribution < 1.29 is 37.5 Å².